The summed E-state index contributed by atoms with van der Waals surface area (Å²) < 4.78 is 5.63. The van der Waals surface area contributed by atoms with Crippen molar-refractivity contribution in [3.63, 3.8) is 0 Å². The van der Waals surface area contributed by atoms with Gasteiger partial charge in [0.1, 0.15) is 5.75 Å². The summed E-state index contributed by atoms with van der Waals surface area (Å²) in [5.74, 6) is 0.760. The first-order valence-electron chi connectivity index (χ1n) is 8.94. The number of benzene rings is 1. The van der Waals surface area contributed by atoms with Crippen molar-refractivity contribution < 1.29 is 9.53 Å². The van der Waals surface area contributed by atoms with E-state index in [2.05, 4.69) is 27.0 Å². The van der Waals surface area contributed by atoms with Crippen molar-refractivity contribution in [3.05, 3.63) is 52.2 Å². The number of amides is 1. The van der Waals surface area contributed by atoms with Crippen LogP contribution in [-0.2, 0) is 0 Å². The van der Waals surface area contributed by atoms with Gasteiger partial charge in [-0.1, -0.05) is 0 Å². The first-order valence-corrected chi connectivity index (χ1v) is 9.89. The lowest BCUT2D eigenvalue weighted by atomic mass is 10.1. The second-order valence-electron chi connectivity index (χ2n) is 6.72. The zero-order valence-electron chi connectivity index (χ0n) is 14.9. The molecule has 1 saturated heterocycles. The van der Waals surface area contributed by atoms with E-state index in [1.165, 1.54) is 18.4 Å². The van der Waals surface area contributed by atoms with Crippen LogP contribution in [-0.4, -0.2) is 36.5 Å². The molecule has 0 saturated carbocycles. The molecule has 0 radical (unpaired) electrons. The van der Waals surface area contributed by atoms with Gasteiger partial charge in [-0.15, -0.1) is 0 Å². The molecule has 1 aromatic carbocycles. The highest BCUT2D eigenvalue weighted by Crippen LogP contribution is 2.26. The molecular weight excluding hydrogens is 332 g/mol. The van der Waals surface area contributed by atoms with Crippen molar-refractivity contribution in [1.82, 2.24) is 10.2 Å². The van der Waals surface area contributed by atoms with Crippen LogP contribution in [0.15, 0.2) is 41.1 Å². The van der Waals surface area contributed by atoms with Gasteiger partial charge in [-0.2, -0.15) is 11.3 Å². The summed E-state index contributed by atoms with van der Waals surface area (Å²) in [6, 6.07) is 9.78. The fraction of sp³-hybridized carbons (Fsp3) is 0.450. The number of carbonyl (C=O) groups excluding carboxylic acids is 1. The molecule has 5 heteroatoms. The topological polar surface area (TPSA) is 41.6 Å². The van der Waals surface area contributed by atoms with Gasteiger partial charge in [0.05, 0.1) is 12.1 Å². The van der Waals surface area contributed by atoms with E-state index in [1.807, 2.05) is 38.1 Å². The van der Waals surface area contributed by atoms with E-state index < -0.39 is 0 Å². The lowest BCUT2D eigenvalue weighted by Gasteiger charge is -2.27. The predicted octanol–water partition coefficient (Wildman–Crippen LogP) is 4.10. The van der Waals surface area contributed by atoms with Crippen LogP contribution in [0, 0.1) is 0 Å². The Kier molecular flexibility index (Phi) is 6.10. The van der Waals surface area contributed by atoms with Gasteiger partial charge in [0, 0.05) is 12.1 Å². The first kappa shape index (κ1) is 18.0. The van der Waals surface area contributed by atoms with Crippen LogP contribution in [0.4, 0.5) is 0 Å². The van der Waals surface area contributed by atoms with Crippen LogP contribution in [0.1, 0.15) is 48.7 Å². The van der Waals surface area contributed by atoms with Crippen LogP contribution in [0.2, 0.25) is 0 Å². The van der Waals surface area contributed by atoms with Crippen molar-refractivity contribution in [2.45, 2.75) is 38.8 Å². The van der Waals surface area contributed by atoms with Gasteiger partial charge < -0.3 is 10.1 Å². The Morgan fingerprint density at radius 3 is 2.52 bits per heavy atom. The van der Waals surface area contributed by atoms with Gasteiger partial charge >= 0.3 is 0 Å². The minimum absolute atomic E-state index is 0.0319. The quantitative estimate of drug-likeness (QED) is 0.810. The van der Waals surface area contributed by atoms with E-state index in [4.69, 9.17) is 4.74 Å². The zero-order chi connectivity index (χ0) is 17.6. The summed E-state index contributed by atoms with van der Waals surface area (Å²) in [6.45, 7) is 6.84. The maximum Gasteiger partial charge on any atom is 0.251 e. The van der Waals surface area contributed by atoms with Crippen molar-refractivity contribution in [2.75, 3.05) is 19.6 Å². The van der Waals surface area contributed by atoms with Gasteiger partial charge in [0.2, 0.25) is 0 Å². The summed E-state index contributed by atoms with van der Waals surface area (Å²) in [4.78, 5) is 15.0. The molecule has 25 heavy (non-hydrogen) atoms. The van der Waals surface area contributed by atoms with Gasteiger partial charge in [-0.3, -0.25) is 9.69 Å². The number of hydrogen-bond donors (Lipinski definition) is 1. The monoisotopic (exact) mass is 358 g/mol. The average molecular weight is 359 g/mol. The first-order chi connectivity index (χ1) is 12.1. The van der Waals surface area contributed by atoms with Crippen LogP contribution in [0.5, 0.6) is 5.75 Å². The largest absolute Gasteiger partial charge is 0.491 e. The van der Waals surface area contributed by atoms with E-state index in [0.29, 0.717) is 12.1 Å². The average Bonchev–Trinajstić information content (AvgIpc) is 3.29. The minimum Gasteiger partial charge on any atom is -0.491 e. The number of carbonyl (C=O) groups is 1. The van der Waals surface area contributed by atoms with Gasteiger partial charge in [0.15, 0.2) is 0 Å². The molecule has 0 unspecified atom stereocenters. The molecule has 1 aliphatic heterocycles. The van der Waals surface area contributed by atoms with Crippen molar-refractivity contribution >= 4 is 17.2 Å². The second kappa shape index (κ2) is 8.50. The molecule has 1 atom stereocenters. The number of thiophene rings is 1. The van der Waals surface area contributed by atoms with Crippen LogP contribution in [0.25, 0.3) is 0 Å². The molecule has 1 fully saturated rings. The van der Waals surface area contributed by atoms with E-state index in [9.17, 15) is 4.79 Å². The van der Waals surface area contributed by atoms with E-state index in [1.54, 1.807) is 11.3 Å². The SMILES string of the molecule is CC(C)Oc1ccc(C(=O)NC[C@H](c2ccsc2)N2CCCC2)cc1. The van der Waals surface area contributed by atoms with E-state index in [0.717, 1.165) is 18.8 Å². The third kappa shape index (κ3) is 4.83. The molecule has 134 valence electrons. The van der Waals surface area contributed by atoms with Crippen LogP contribution < -0.4 is 10.1 Å². The Bertz CT molecular complexity index is 662. The molecular formula is C20H26N2O2S. The standard InChI is InChI=1S/C20H26N2O2S/c1-15(2)24-18-7-5-16(6-8-18)20(23)21-13-19(17-9-12-25-14-17)22-10-3-4-11-22/h5-9,12,14-15,19H,3-4,10-11,13H2,1-2H3,(H,21,23)/t19-/m1/s1. The third-order valence-electron chi connectivity index (χ3n) is 4.45. The highest BCUT2D eigenvalue weighted by molar-refractivity contribution is 7.07. The lowest BCUT2D eigenvalue weighted by molar-refractivity contribution is 0.0938. The highest BCUT2D eigenvalue weighted by atomic mass is 32.1. The second-order valence-corrected chi connectivity index (χ2v) is 7.50. The number of nitrogens with zero attached hydrogens (tertiary/aromatic N) is 1. The summed E-state index contributed by atoms with van der Waals surface area (Å²) in [6.07, 6.45) is 2.61. The van der Waals surface area contributed by atoms with Gasteiger partial charge in [-0.25, -0.2) is 0 Å². The Labute approximate surface area is 153 Å². The summed E-state index contributed by atoms with van der Waals surface area (Å²) in [7, 11) is 0. The van der Waals surface area contributed by atoms with E-state index in [-0.39, 0.29) is 18.1 Å². The van der Waals surface area contributed by atoms with E-state index >= 15 is 0 Å². The molecule has 2 heterocycles. The number of rotatable bonds is 7. The Balaban J connectivity index is 1.61. The van der Waals surface area contributed by atoms with Gasteiger partial charge in [0.25, 0.3) is 5.91 Å². The van der Waals surface area contributed by atoms with Crippen LogP contribution >= 0.6 is 11.3 Å². The maximum atomic E-state index is 12.5. The Morgan fingerprint density at radius 2 is 1.92 bits per heavy atom. The molecule has 1 aliphatic rings. The fourth-order valence-electron chi connectivity index (χ4n) is 3.22. The molecule has 4 nitrogen and oxygen atoms in total. The summed E-state index contributed by atoms with van der Waals surface area (Å²) in [5, 5.41) is 7.40. The van der Waals surface area contributed by atoms with Crippen molar-refractivity contribution in [1.29, 1.82) is 0 Å². The fourth-order valence-corrected chi connectivity index (χ4v) is 3.93. The molecule has 1 aromatic heterocycles. The highest BCUT2D eigenvalue weighted by Gasteiger charge is 2.24. The van der Waals surface area contributed by atoms with Crippen LogP contribution in [0.3, 0.4) is 0 Å². The molecule has 0 spiro atoms. The molecule has 1 amide bonds. The molecule has 0 aliphatic carbocycles. The summed E-state index contributed by atoms with van der Waals surface area (Å²) in [5.41, 5.74) is 1.97. The molecule has 0 bridgehead atoms. The smallest absolute Gasteiger partial charge is 0.251 e. The van der Waals surface area contributed by atoms with Crippen molar-refractivity contribution in [3.8, 4) is 5.75 Å². The normalized spacial score (nSPS) is 16.1. The number of nitrogens with one attached hydrogen (secondary N) is 1. The predicted molar refractivity (Wildman–Crippen MR) is 102 cm³/mol. The van der Waals surface area contributed by atoms with Gasteiger partial charge in [-0.05, 0) is 86.4 Å². The lowest BCUT2D eigenvalue weighted by Crippen LogP contribution is -2.36. The Morgan fingerprint density at radius 1 is 1.20 bits per heavy atom. The summed E-state index contributed by atoms with van der Waals surface area (Å²) >= 11 is 1.71. The number of likely N-dealkylation sites (tertiary alicyclic amines) is 1. The third-order valence-corrected chi connectivity index (χ3v) is 5.16. The number of ether oxygens (including phenoxy) is 1. The van der Waals surface area contributed by atoms with Crippen molar-refractivity contribution in [2.24, 2.45) is 0 Å². The Hall–Kier alpha value is -1.85. The molecule has 1 N–H and O–H groups in total. The zero-order valence-corrected chi connectivity index (χ0v) is 15.7. The molecule has 3 rings (SSSR count). The maximum absolute atomic E-state index is 12.5. The minimum atomic E-state index is -0.0319. The molecule has 2 aromatic rings. The number of hydrogen-bond acceptors (Lipinski definition) is 4.